The van der Waals surface area contributed by atoms with Crippen LogP contribution < -0.4 is 4.90 Å². The van der Waals surface area contributed by atoms with Crippen molar-refractivity contribution in [1.82, 2.24) is 9.97 Å². The molecule has 0 spiro atoms. The molecule has 0 fully saturated rings. The van der Waals surface area contributed by atoms with E-state index in [0.717, 1.165) is 5.56 Å². The van der Waals surface area contributed by atoms with Gasteiger partial charge >= 0.3 is 5.82 Å². The van der Waals surface area contributed by atoms with E-state index < -0.39 is 4.92 Å². The zero-order valence-electron chi connectivity index (χ0n) is 10.3. The van der Waals surface area contributed by atoms with Gasteiger partial charge in [-0.3, -0.25) is 0 Å². The Bertz CT molecular complexity index is 550. The molecule has 0 unspecified atom stereocenters. The summed E-state index contributed by atoms with van der Waals surface area (Å²) in [7, 11) is 1.79. The first-order valence-electron chi connectivity index (χ1n) is 5.54. The third-order valence-corrected chi connectivity index (χ3v) is 2.59. The molecule has 0 aliphatic heterocycles. The summed E-state index contributed by atoms with van der Waals surface area (Å²) in [5.74, 6) is 0.837. The highest BCUT2D eigenvalue weighted by Gasteiger charge is 2.21. The van der Waals surface area contributed by atoms with Gasteiger partial charge in [-0.1, -0.05) is 30.3 Å². The average molecular weight is 246 g/mol. The van der Waals surface area contributed by atoms with Crippen LogP contribution in [0.3, 0.4) is 0 Å². The number of anilines is 1. The van der Waals surface area contributed by atoms with Crippen LogP contribution in [0.25, 0.3) is 0 Å². The lowest BCUT2D eigenvalue weighted by atomic mass is 10.2. The minimum Gasteiger partial charge on any atom is -0.358 e. The van der Waals surface area contributed by atoms with Gasteiger partial charge in [0.25, 0.3) is 0 Å². The van der Waals surface area contributed by atoms with E-state index in [1.54, 1.807) is 18.9 Å². The van der Waals surface area contributed by atoms with Crippen molar-refractivity contribution >= 4 is 11.6 Å². The van der Waals surface area contributed by atoms with Crippen molar-refractivity contribution in [3.05, 3.63) is 51.8 Å². The Morgan fingerprint density at radius 1 is 1.39 bits per heavy atom. The summed E-state index contributed by atoms with van der Waals surface area (Å²) in [6.07, 6.45) is 0. The minimum atomic E-state index is -0.448. The molecule has 0 radical (unpaired) electrons. The first-order valence-corrected chi connectivity index (χ1v) is 5.54. The Labute approximate surface area is 104 Å². The third kappa shape index (κ3) is 2.48. The van der Waals surface area contributed by atoms with Crippen molar-refractivity contribution in [1.29, 1.82) is 0 Å². The maximum Gasteiger partial charge on any atom is 0.365 e. The summed E-state index contributed by atoms with van der Waals surface area (Å²) in [5.41, 5.74) is 1.08. The first-order chi connectivity index (χ1) is 8.58. The summed E-state index contributed by atoms with van der Waals surface area (Å²) >= 11 is 0. The van der Waals surface area contributed by atoms with E-state index in [4.69, 9.17) is 0 Å². The molecule has 94 valence electrons. The lowest BCUT2D eigenvalue weighted by Gasteiger charge is -2.15. The number of aromatic amines is 1. The smallest absolute Gasteiger partial charge is 0.358 e. The predicted molar refractivity (Wildman–Crippen MR) is 68.5 cm³/mol. The fourth-order valence-corrected chi connectivity index (χ4v) is 1.79. The summed E-state index contributed by atoms with van der Waals surface area (Å²) in [4.78, 5) is 19.0. The van der Waals surface area contributed by atoms with Gasteiger partial charge in [0.15, 0.2) is 5.82 Å². The fraction of sp³-hybridized carbons (Fsp3) is 0.250. The second-order valence-corrected chi connectivity index (χ2v) is 4.09. The van der Waals surface area contributed by atoms with E-state index in [1.807, 2.05) is 30.3 Å². The summed E-state index contributed by atoms with van der Waals surface area (Å²) in [6.45, 7) is 2.28. The molecule has 1 aromatic carbocycles. The third-order valence-electron chi connectivity index (χ3n) is 2.59. The summed E-state index contributed by atoms with van der Waals surface area (Å²) < 4.78 is 0. The molecular formula is C12H14N4O2. The number of imidazole rings is 1. The van der Waals surface area contributed by atoms with Gasteiger partial charge in [0.1, 0.15) is 0 Å². The van der Waals surface area contributed by atoms with E-state index in [2.05, 4.69) is 9.97 Å². The van der Waals surface area contributed by atoms with Crippen LogP contribution in [0.5, 0.6) is 0 Å². The van der Waals surface area contributed by atoms with Crippen LogP contribution in [0.2, 0.25) is 0 Å². The van der Waals surface area contributed by atoms with E-state index in [-0.39, 0.29) is 5.82 Å². The number of H-pyrrole nitrogens is 1. The molecule has 6 heteroatoms. The molecule has 1 heterocycles. The second kappa shape index (κ2) is 4.87. The molecule has 0 atom stereocenters. The number of aromatic nitrogens is 2. The van der Waals surface area contributed by atoms with E-state index in [1.165, 1.54) is 0 Å². The number of nitro groups is 1. The number of hydrogen-bond donors (Lipinski definition) is 1. The quantitative estimate of drug-likeness (QED) is 0.663. The van der Waals surface area contributed by atoms with Crippen LogP contribution in [0.4, 0.5) is 11.6 Å². The molecule has 0 saturated heterocycles. The Morgan fingerprint density at radius 3 is 2.67 bits per heavy atom. The van der Waals surface area contributed by atoms with Gasteiger partial charge in [0.2, 0.25) is 5.82 Å². The van der Waals surface area contributed by atoms with Crippen LogP contribution >= 0.6 is 0 Å². The number of benzene rings is 1. The maximum absolute atomic E-state index is 10.9. The number of rotatable bonds is 4. The van der Waals surface area contributed by atoms with Crippen molar-refractivity contribution in [2.45, 2.75) is 13.5 Å². The average Bonchev–Trinajstić information content (AvgIpc) is 2.73. The van der Waals surface area contributed by atoms with Gasteiger partial charge in [-0.15, -0.1) is 0 Å². The Morgan fingerprint density at radius 2 is 2.06 bits per heavy atom. The van der Waals surface area contributed by atoms with Crippen molar-refractivity contribution in [3.63, 3.8) is 0 Å². The van der Waals surface area contributed by atoms with Gasteiger partial charge in [-0.05, 0) is 10.5 Å². The first kappa shape index (κ1) is 12.1. The molecule has 1 N–H and O–H groups in total. The maximum atomic E-state index is 10.9. The van der Waals surface area contributed by atoms with Crippen molar-refractivity contribution in [2.75, 3.05) is 11.9 Å². The van der Waals surface area contributed by atoms with Crippen LogP contribution in [0.15, 0.2) is 30.3 Å². The van der Waals surface area contributed by atoms with Crippen molar-refractivity contribution in [2.24, 2.45) is 0 Å². The molecule has 2 aromatic rings. The zero-order valence-corrected chi connectivity index (χ0v) is 10.3. The van der Waals surface area contributed by atoms with Gasteiger partial charge in [0, 0.05) is 20.5 Å². The Balaban J connectivity index is 2.23. The van der Waals surface area contributed by atoms with E-state index >= 15 is 0 Å². The highest BCUT2D eigenvalue weighted by molar-refractivity contribution is 5.54. The van der Waals surface area contributed by atoms with Crippen LogP contribution in [-0.2, 0) is 6.54 Å². The topological polar surface area (TPSA) is 75.1 Å². The second-order valence-electron chi connectivity index (χ2n) is 4.09. The van der Waals surface area contributed by atoms with Crippen LogP contribution in [-0.4, -0.2) is 21.9 Å². The van der Waals surface area contributed by atoms with Gasteiger partial charge in [0.05, 0.1) is 0 Å². The Kier molecular flexibility index (Phi) is 3.27. The van der Waals surface area contributed by atoms with Gasteiger partial charge < -0.3 is 15.0 Å². The highest BCUT2D eigenvalue weighted by Crippen LogP contribution is 2.25. The summed E-state index contributed by atoms with van der Waals surface area (Å²) in [6, 6.07) is 9.76. The largest absolute Gasteiger partial charge is 0.365 e. The van der Waals surface area contributed by atoms with E-state index in [0.29, 0.717) is 18.2 Å². The molecule has 0 aliphatic rings. The number of aryl methyl sites for hydroxylation is 1. The molecule has 0 amide bonds. The highest BCUT2D eigenvalue weighted by atomic mass is 16.6. The van der Waals surface area contributed by atoms with Crippen molar-refractivity contribution in [3.8, 4) is 0 Å². The molecule has 0 saturated carbocycles. The predicted octanol–water partition coefficient (Wildman–Crippen LogP) is 2.26. The van der Waals surface area contributed by atoms with Gasteiger partial charge in [-0.25, -0.2) is 4.98 Å². The normalized spacial score (nSPS) is 10.3. The summed E-state index contributed by atoms with van der Waals surface area (Å²) in [5, 5.41) is 10.9. The lowest BCUT2D eigenvalue weighted by Crippen LogP contribution is -2.17. The fourth-order valence-electron chi connectivity index (χ4n) is 1.79. The van der Waals surface area contributed by atoms with E-state index in [9.17, 15) is 10.1 Å². The van der Waals surface area contributed by atoms with Gasteiger partial charge in [-0.2, -0.15) is 4.98 Å². The molecule has 0 aliphatic carbocycles. The molecule has 18 heavy (non-hydrogen) atoms. The molecule has 1 aromatic heterocycles. The SMILES string of the molecule is Cc1nc(N(C)Cc2ccccc2)c([N+](=O)[O-])[nH]1. The lowest BCUT2D eigenvalue weighted by molar-refractivity contribution is -0.388. The van der Waals surface area contributed by atoms with Crippen LogP contribution in [0.1, 0.15) is 11.4 Å². The van der Waals surface area contributed by atoms with Crippen LogP contribution in [0, 0.1) is 17.0 Å². The number of nitrogens with zero attached hydrogens (tertiary/aromatic N) is 3. The van der Waals surface area contributed by atoms with Crippen molar-refractivity contribution < 1.29 is 4.92 Å². The molecule has 2 rings (SSSR count). The number of nitrogens with one attached hydrogen (secondary N) is 1. The molecule has 6 nitrogen and oxygen atoms in total. The monoisotopic (exact) mass is 246 g/mol. The Hall–Kier alpha value is -2.37. The molecule has 0 bridgehead atoms. The standard InChI is InChI=1S/C12H14N4O2/c1-9-13-11(12(14-9)16(17)18)15(2)8-10-6-4-3-5-7-10/h3-7H,8H2,1-2H3,(H,13,14). The molecular weight excluding hydrogens is 232 g/mol. The number of hydrogen-bond acceptors (Lipinski definition) is 4. The minimum absolute atomic E-state index is 0.0640. The zero-order chi connectivity index (χ0) is 13.1.